The predicted octanol–water partition coefficient (Wildman–Crippen LogP) is 11.6. The second-order valence-electron chi connectivity index (χ2n) is 15.8. The molecule has 6 aliphatic rings. The van der Waals surface area contributed by atoms with E-state index in [-0.39, 0.29) is 17.5 Å². The van der Waals surface area contributed by atoms with Crippen molar-refractivity contribution in [3.05, 3.63) is 204 Å². The van der Waals surface area contributed by atoms with Crippen molar-refractivity contribution in [2.75, 3.05) is 0 Å². The lowest BCUT2D eigenvalue weighted by atomic mass is 9.68. The molecule has 1 aromatic heterocycles. The number of hydrogen-bond donors (Lipinski definition) is 0. The summed E-state index contributed by atoms with van der Waals surface area (Å²) in [7, 11) is 0. The molecule has 3 nitrogen and oxygen atoms in total. The molecular formula is C51H38N3+. The summed E-state index contributed by atoms with van der Waals surface area (Å²) < 4.78 is 5.28. The molecule has 0 radical (unpaired) electrons. The standard InChI is InChI=1S/C51H38N3/c1-51(2)40-23-15-22-38-37-20-9-11-24-41(37)54(49(38)40)45-31-46-50-47(48(45)51)39-21-10-12-25-42(39)53(50)44-27-14-13-26-43(44)52(46)36-29-34(32-16-5-3-6-17-32)28-35(30-36)33-18-7-4-8-19-33/h3-30,42,44H,31H2,1-2H3/q+1. The zero-order valence-electron chi connectivity index (χ0n) is 30.4. The summed E-state index contributed by atoms with van der Waals surface area (Å²) >= 11 is 0. The minimum atomic E-state index is -0.208. The first-order valence-corrected chi connectivity index (χ1v) is 19.2. The van der Waals surface area contributed by atoms with Crippen molar-refractivity contribution >= 4 is 38.9 Å². The number of benzene rings is 5. The van der Waals surface area contributed by atoms with Crippen molar-refractivity contribution in [3.8, 4) is 22.3 Å². The van der Waals surface area contributed by atoms with Crippen molar-refractivity contribution in [2.24, 2.45) is 0 Å². The number of fused-ring (bicyclic) bond motifs is 9. The molecule has 54 heavy (non-hydrogen) atoms. The number of para-hydroxylation sites is 2. The molecule has 3 aliphatic heterocycles. The summed E-state index contributed by atoms with van der Waals surface area (Å²) in [5.41, 5.74) is 19.6. The van der Waals surface area contributed by atoms with Gasteiger partial charge >= 0.3 is 0 Å². The second-order valence-corrected chi connectivity index (χ2v) is 15.8. The van der Waals surface area contributed by atoms with Crippen LogP contribution in [0.4, 0.5) is 5.69 Å². The predicted molar refractivity (Wildman–Crippen MR) is 223 cm³/mol. The number of aromatic nitrogens is 1. The van der Waals surface area contributed by atoms with Crippen LogP contribution in [-0.2, 0) is 5.41 Å². The highest BCUT2D eigenvalue weighted by Gasteiger charge is 2.55. The van der Waals surface area contributed by atoms with E-state index in [1.165, 1.54) is 94.8 Å². The third kappa shape index (κ3) is 3.88. The Labute approximate surface area is 315 Å². The molecule has 0 saturated carbocycles. The molecule has 2 unspecified atom stereocenters. The maximum absolute atomic E-state index is 2.73. The second kappa shape index (κ2) is 10.8. The molecule has 12 rings (SSSR count). The summed E-state index contributed by atoms with van der Waals surface area (Å²) in [5.74, 6) is 0. The monoisotopic (exact) mass is 692 g/mol. The molecule has 0 saturated heterocycles. The van der Waals surface area contributed by atoms with E-state index < -0.39 is 0 Å². The van der Waals surface area contributed by atoms with Crippen LogP contribution in [0.15, 0.2) is 198 Å². The van der Waals surface area contributed by atoms with Crippen LogP contribution in [0.3, 0.4) is 0 Å². The van der Waals surface area contributed by atoms with Gasteiger partial charge in [0.2, 0.25) is 17.1 Å². The fraction of sp³-hybridized carbons (Fsp3) is 0.118. The number of rotatable bonds is 3. The van der Waals surface area contributed by atoms with Crippen LogP contribution in [0.1, 0.15) is 25.8 Å². The van der Waals surface area contributed by atoms with Crippen LogP contribution < -0.4 is 0 Å². The van der Waals surface area contributed by atoms with Gasteiger partial charge in [0.15, 0.2) is 0 Å². The van der Waals surface area contributed by atoms with Crippen LogP contribution in [-0.4, -0.2) is 31.8 Å². The van der Waals surface area contributed by atoms with E-state index in [0.29, 0.717) is 0 Å². The van der Waals surface area contributed by atoms with Gasteiger partial charge in [-0.25, -0.2) is 0 Å². The molecule has 0 amide bonds. The van der Waals surface area contributed by atoms with Crippen LogP contribution in [0.2, 0.25) is 0 Å². The smallest absolute Gasteiger partial charge is 0.217 e. The highest BCUT2D eigenvalue weighted by atomic mass is 15.3. The Morgan fingerprint density at radius 2 is 1.30 bits per heavy atom. The summed E-state index contributed by atoms with van der Waals surface area (Å²) in [6.07, 6.45) is 19.4. The van der Waals surface area contributed by atoms with E-state index in [4.69, 9.17) is 0 Å². The van der Waals surface area contributed by atoms with Crippen molar-refractivity contribution < 1.29 is 4.58 Å². The van der Waals surface area contributed by atoms with Crippen LogP contribution >= 0.6 is 0 Å². The lowest BCUT2D eigenvalue weighted by Crippen LogP contribution is -2.50. The van der Waals surface area contributed by atoms with Crippen molar-refractivity contribution in [3.63, 3.8) is 0 Å². The fourth-order valence-corrected chi connectivity index (χ4v) is 10.5. The molecular weight excluding hydrogens is 655 g/mol. The van der Waals surface area contributed by atoms with E-state index in [0.717, 1.165) is 6.42 Å². The summed E-state index contributed by atoms with van der Waals surface area (Å²) in [6.45, 7) is 4.93. The van der Waals surface area contributed by atoms with Crippen molar-refractivity contribution in [2.45, 2.75) is 37.8 Å². The Balaban J connectivity index is 1.19. The van der Waals surface area contributed by atoms with Crippen LogP contribution in [0.5, 0.6) is 0 Å². The Kier molecular flexibility index (Phi) is 6.01. The van der Waals surface area contributed by atoms with Gasteiger partial charge in [-0.1, -0.05) is 153 Å². The maximum atomic E-state index is 2.73. The van der Waals surface area contributed by atoms with E-state index in [1.54, 1.807) is 0 Å². The fourth-order valence-electron chi connectivity index (χ4n) is 10.5. The molecule has 6 aromatic rings. The highest BCUT2D eigenvalue weighted by molar-refractivity contribution is 6.13. The molecule has 2 atom stereocenters. The number of nitrogens with zero attached hydrogens (tertiary/aromatic N) is 3. The van der Waals surface area contributed by atoms with Crippen molar-refractivity contribution in [1.82, 2.24) is 9.47 Å². The molecule has 4 heterocycles. The molecule has 0 fully saturated rings. The molecule has 0 N–H and O–H groups in total. The Bertz CT molecular complexity index is 2860. The Morgan fingerprint density at radius 3 is 2.06 bits per heavy atom. The lowest BCUT2D eigenvalue weighted by Gasteiger charge is -2.43. The van der Waals surface area contributed by atoms with Gasteiger partial charge in [0.05, 0.1) is 23.5 Å². The van der Waals surface area contributed by atoms with Gasteiger partial charge in [0, 0.05) is 45.7 Å². The van der Waals surface area contributed by atoms with Gasteiger partial charge in [-0.15, -0.1) is 0 Å². The normalized spacial score (nSPS) is 21.3. The molecule has 0 spiro atoms. The molecule has 3 aliphatic carbocycles. The van der Waals surface area contributed by atoms with Gasteiger partial charge in [-0.3, -0.25) is 0 Å². The van der Waals surface area contributed by atoms with Gasteiger partial charge in [-0.05, 0) is 51.1 Å². The summed E-state index contributed by atoms with van der Waals surface area (Å²) in [5, 5.41) is 2.66. The van der Waals surface area contributed by atoms with E-state index in [1.807, 2.05) is 0 Å². The molecule has 0 bridgehead atoms. The minimum Gasteiger partial charge on any atom is -0.339 e. The van der Waals surface area contributed by atoms with E-state index in [2.05, 4.69) is 198 Å². The first kappa shape index (κ1) is 30.1. The average molecular weight is 693 g/mol. The topological polar surface area (TPSA) is 11.2 Å². The number of hydrogen-bond acceptors (Lipinski definition) is 1. The van der Waals surface area contributed by atoms with E-state index in [9.17, 15) is 0 Å². The first-order chi connectivity index (χ1) is 26.6. The van der Waals surface area contributed by atoms with Gasteiger partial charge in [-0.2, -0.15) is 4.58 Å². The Hall–Kier alpha value is -6.45. The van der Waals surface area contributed by atoms with Crippen LogP contribution in [0.25, 0.3) is 49.8 Å². The third-order valence-electron chi connectivity index (χ3n) is 12.7. The quantitative estimate of drug-likeness (QED) is 0.168. The van der Waals surface area contributed by atoms with Gasteiger partial charge < -0.3 is 9.47 Å². The lowest BCUT2D eigenvalue weighted by molar-refractivity contribution is -0.393. The highest BCUT2D eigenvalue weighted by Crippen LogP contribution is 2.59. The number of allylic oxidation sites excluding steroid dienone is 6. The zero-order valence-corrected chi connectivity index (χ0v) is 30.4. The Morgan fingerprint density at radius 1 is 0.630 bits per heavy atom. The summed E-state index contributed by atoms with van der Waals surface area (Å²) in [4.78, 5) is 2.73. The maximum Gasteiger partial charge on any atom is 0.217 e. The summed E-state index contributed by atoms with van der Waals surface area (Å²) in [6, 6.07) is 45.2. The van der Waals surface area contributed by atoms with Crippen LogP contribution in [0, 0.1) is 0 Å². The van der Waals surface area contributed by atoms with Crippen molar-refractivity contribution in [1.29, 1.82) is 0 Å². The molecule has 5 aromatic carbocycles. The van der Waals surface area contributed by atoms with E-state index >= 15 is 0 Å². The van der Waals surface area contributed by atoms with Gasteiger partial charge in [0.1, 0.15) is 11.7 Å². The average Bonchev–Trinajstić information content (AvgIpc) is 3.75. The molecule has 3 heteroatoms. The molecule has 256 valence electrons. The zero-order chi connectivity index (χ0) is 35.7. The van der Waals surface area contributed by atoms with Gasteiger partial charge in [0.25, 0.3) is 0 Å². The minimum absolute atomic E-state index is 0.0863. The largest absolute Gasteiger partial charge is 0.339 e. The SMILES string of the molecule is CC1(C)C2=C(CC3=C4C2=C2C=CC=CC2N4C2C=CC=CC2=[N+]3c2cc(-c3ccccc3)cc(-c3ccccc3)c2)n2c3ccccc3c3cccc1c32. The third-order valence-corrected chi connectivity index (χ3v) is 12.7. The first-order valence-electron chi connectivity index (χ1n) is 19.2.